The molecule has 0 aliphatic rings. The topological polar surface area (TPSA) is 119 Å². The predicted octanol–water partition coefficient (Wildman–Crippen LogP) is 1.75. The summed E-state index contributed by atoms with van der Waals surface area (Å²) in [7, 11) is 0. The fourth-order valence-corrected chi connectivity index (χ4v) is 2.07. The number of nitrogens with two attached hydrogens (primary N) is 1. The first-order valence-corrected chi connectivity index (χ1v) is 6.10. The minimum Gasteiger partial charge on any atom is -0.370 e. The van der Waals surface area contributed by atoms with Crippen molar-refractivity contribution < 1.29 is 18.8 Å². The summed E-state index contributed by atoms with van der Waals surface area (Å²) in [5, 5.41) is 19.4. The molecule has 1 atom stereocenters. The molecule has 1 aromatic carbocycles. The van der Waals surface area contributed by atoms with Crippen molar-refractivity contribution in [2.75, 3.05) is 6.61 Å². The molecule has 0 bridgehead atoms. The molecule has 0 spiro atoms. The Kier molecular flexibility index (Phi) is 5.32. The van der Waals surface area contributed by atoms with E-state index >= 15 is 0 Å². The number of non-ortho nitro benzene ring substituents is 1. The second-order valence-corrected chi connectivity index (χ2v) is 4.36. The first kappa shape index (κ1) is 16.5. The molecule has 21 heavy (non-hydrogen) atoms. The van der Waals surface area contributed by atoms with E-state index in [-0.39, 0.29) is 24.1 Å². The Labute approximate surface area is 120 Å². The third kappa shape index (κ3) is 3.73. The largest absolute Gasteiger partial charge is 0.370 e. The molecule has 0 fully saturated rings. The first-order chi connectivity index (χ1) is 9.86. The van der Waals surface area contributed by atoms with Crippen LogP contribution in [0.5, 0.6) is 0 Å². The first-order valence-electron chi connectivity index (χ1n) is 6.10. The second-order valence-electron chi connectivity index (χ2n) is 4.36. The Hall–Kier alpha value is -2.53. The number of nitro benzene ring substituents is 1. The highest BCUT2D eigenvalue weighted by Gasteiger charge is 2.37. The van der Waals surface area contributed by atoms with E-state index in [1.54, 1.807) is 13.0 Å². The van der Waals surface area contributed by atoms with E-state index in [4.69, 9.17) is 15.7 Å². The Balaban J connectivity index is 3.42. The zero-order valence-electron chi connectivity index (χ0n) is 11.3. The molecule has 0 unspecified atom stereocenters. The number of nitrogens with zero attached hydrogens (tertiary/aromatic N) is 2. The average molecular weight is 295 g/mol. The van der Waals surface area contributed by atoms with Gasteiger partial charge in [0.1, 0.15) is 18.0 Å². The third-order valence-corrected chi connectivity index (χ3v) is 3.10. The number of benzene rings is 1. The monoisotopic (exact) mass is 295 g/mol. The number of rotatable bonds is 7. The van der Waals surface area contributed by atoms with E-state index in [1.807, 2.05) is 0 Å². The van der Waals surface area contributed by atoms with E-state index < -0.39 is 28.9 Å². The summed E-state index contributed by atoms with van der Waals surface area (Å²) in [4.78, 5) is 21.4. The Morgan fingerprint density at radius 1 is 1.62 bits per heavy atom. The number of nitro groups is 1. The van der Waals surface area contributed by atoms with Crippen LogP contribution in [-0.2, 0) is 15.1 Å². The van der Waals surface area contributed by atoms with E-state index in [2.05, 4.69) is 0 Å². The van der Waals surface area contributed by atoms with Crippen LogP contribution in [0.15, 0.2) is 18.2 Å². The van der Waals surface area contributed by atoms with Crippen molar-refractivity contribution in [2.24, 2.45) is 5.73 Å². The molecule has 0 aromatic heterocycles. The average Bonchev–Trinajstić information content (AvgIpc) is 2.43. The standard InChI is InChI=1S/C13H14FN3O4/c1-2-13(8-12(16)18,21-6-5-15)10-7-9(17(19)20)3-4-11(10)14/h3-4,7H,2,6,8H2,1H3,(H2,16,18)/t13-/m0/s1. The van der Waals surface area contributed by atoms with Crippen LogP contribution in [-0.4, -0.2) is 17.4 Å². The summed E-state index contributed by atoms with van der Waals surface area (Å²) >= 11 is 0. The van der Waals surface area contributed by atoms with Gasteiger partial charge in [-0.25, -0.2) is 4.39 Å². The van der Waals surface area contributed by atoms with Gasteiger partial charge in [-0.05, 0) is 12.5 Å². The molecule has 0 saturated carbocycles. The molecular weight excluding hydrogens is 281 g/mol. The van der Waals surface area contributed by atoms with Crippen molar-refractivity contribution in [3.05, 3.63) is 39.7 Å². The fraction of sp³-hybridized carbons (Fsp3) is 0.385. The molecule has 1 rings (SSSR count). The number of halogens is 1. The van der Waals surface area contributed by atoms with Crippen LogP contribution in [0.1, 0.15) is 25.3 Å². The molecule has 112 valence electrons. The molecule has 7 nitrogen and oxygen atoms in total. The lowest BCUT2D eigenvalue weighted by molar-refractivity contribution is -0.385. The quantitative estimate of drug-likeness (QED) is 0.607. The predicted molar refractivity (Wildman–Crippen MR) is 70.4 cm³/mol. The summed E-state index contributed by atoms with van der Waals surface area (Å²) in [5.41, 5.74) is 3.15. The maximum atomic E-state index is 14.1. The van der Waals surface area contributed by atoms with Crippen LogP contribution in [0.4, 0.5) is 10.1 Å². The number of ether oxygens (including phenoxy) is 1. The van der Waals surface area contributed by atoms with Crippen LogP contribution < -0.4 is 5.73 Å². The SMILES string of the molecule is CC[C@@](CC(N)=O)(OCC#N)c1cc([N+](=O)[O-])ccc1F. The Morgan fingerprint density at radius 3 is 2.76 bits per heavy atom. The van der Waals surface area contributed by atoms with Crippen LogP contribution in [0, 0.1) is 27.3 Å². The van der Waals surface area contributed by atoms with Crippen molar-refractivity contribution in [3.8, 4) is 6.07 Å². The molecule has 2 N–H and O–H groups in total. The Morgan fingerprint density at radius 2 is 2.29 bits per heavy atom. The van der Waals surface area contributed by atoms with Gasteiger partial charge in [-0.15, -0.1) is 0 Å². The smallest absolute Gasteiger partial charge is 0.270 e. The molecular formula is C13H14FN3O4. The van der Waals surface area contributed by atoms with Gasteiger partial charge in [0.05, 0.1) is 17.4 Å². The zero-order valence-corrected chi connectivity index (χ0v) is 11.3. The van der Waals surface area contributed by atoms with Gasteiger partial charge in [-0.1, -0.05) is 6.92 Å². The highest BCUT2D eigenvalue weighted by Crippen LogP contribution is 2.36. The molecule has 0 aliphatic carbocycles. The molecule has 0 heterocycles. The third-order valence-electron chi connectivity index (χ3n) is 3.10. The van der Waals surface area contributed by atoms with Crippen molar-refractivity contribution in [2.45, 2.75) is 25.4 Å². The summed E-state index contributed by atoms with van der Waals surface area (Å²) in [6.45, 7) is 1.21. The van der Waals surface area contributed by atoms with E-state index in [1.165, 1.54) is 0 Å². The van der Waals surface area contributed by atoms with E-state index in [9.17, 15) is 19.3 Å². The van der Waals surface area contributed by atoms with Crippen LogP contribution >= 0.6 is 0 Å². The number of carbonyl (C=O) groups excluding carboxylic acids is 1. The van der Waals surface area contributed by atoms with E-state index in [0.717, 1.165) is 18.2 Å². The summed E-state index contributed by atoms with van der Waals surface area (Å²) in [5.74, 6) is -1.53. The molecule has 0 radical (unpaired) electrons. The zero-order chi connectivity index (χ0) is 16.0. The van der Waals surface area contributed by atoms with Gasteiger partial charge in [-0.3, -0.25) is 14.9 Å². The van der Waals surface area contributed by atoms with Crippen molar-refractivity contribution >= 4 is 11.6 Å². The number of hydrogen-bond donors (Lipinski definition) is 1. The Bertz CT molecular complexity index is 600. The molecule has 1 amide bonds. The van der Waals surface area contributed by atoms with Gasteiger partial charge in [0.25, 0.3) is 5.69 Å². The lowest BCUT2D eigenvalue weighted by Gasteiger charge is -2.31. The number of primary amides is 1. The van der Waals surface area contributed by atoms with Crippen molar-refractivity contribution in [1.29, 1.82) is 5.26 Å². The van der Waals surface area contributed by atoms with E-state index in [0.29, 0.717) is 0 Å². The molecule has 1 aromatic rings. The summed E-state index contributed by atoms with van der Waals surface area (Å²) in [6, 6.07) is 4.66. The van der Waals surface area contributed by atoms with Gasteiger partial charge >= 0.3 is 0 Å². The van der Waals surface area contributed by atoms with Crippen LogP contribution in [0.2, 0.25) is 0 Å². The fourth-order valence-electron chi connectivity index (χ4n) is 2.07. The van der Waals surface area contributed by atoms with Gasteiger partial charge in [0, 0.05) is 17.7 Å². The molecule has 8 heteroatoms. The number of amides is 1. The van der Waals surface area contributed by atoms with Gasteiger partial charge < -0.3 is 10.5 Å². The number of carbonyl (C=O) groups is 1. The van der Waals surface area contributed by atoms with Gasteiger partial charge in [0.15, 0.2) is 0 Å². The van der Waals surface area contributed by atoms with Gasteiger partial charge in [-0.2, -0.15) is 5.26 Å². The van der Waals surface area contributed by atoms with Crippen LogP contribution in [0.3, 0.4) is 0 Å². The highest BCUT2D eigenvalue weighted by molar-refractivity contribution is 5.75. The summed E-state index contributed by atoms with van der Waals surface area (Å²) < 4.78 is 19.4. The molecule has 0 aliphatic heterocycles. The number of hydrogen-bond acceptors (Lipinski definition) is 5. The normalized spacial score (nSPS) is 13.2. The molecule has 0 saturated heterocycles. The lowest BCUT2D eigenvalue weighted by atomic mass is 9.86. The van der Waals surface area contributed by atoms with Crippen molar-refractivity contribution in [1.82, 2.24) is 0 Å². The van der Waals surface area contributed by atoms with Crippen LogP contribution in [0.25, 0.3) is 0 Å². The maximum absolute atomic E-state index is 14.1. The lowest BCUT2D eigenvalue weighted by Crippen LogP contribution is -2.35. The van der Waals surface area contributed by atoms with Gasteiger partial charge in [0.2, 0.25) is 5.91 Å². The summed E-state index contributed by atoms with van der Waals surface area (Å²) in [6.07, 6.45) is -0.265. The number of nitriles is 1. The minimum atomic E-state index is -1.50. The maximum Gasteiger partial charge on any atom is 0.270 e. The minimum absolute atomic E-state index is 0.121. The highest BCUT2D eigenvalue weighted by atomic mass is 19.1. The second kappa shape index (κ2) is 6.76. The van der Waals surface area contributed by atoms with Crippen molar-refractivity contribution in [3.63, 3.8) is 0 Å².